The summed E-state index contributed by atoms with van der Waals surface area (Å²) in [6, 6.07) is 13.7. The summed E-state index contributed by atoms with van der Waals surface area (Å²) in [6.07, 6.45) is 0.993. The number of amides is 1. The number of nitrogens with zero attached hydrogens (tertiary/aromatic N) is 3. The molecule has 166 valence electrons. The second-order valence-corrected chi connectivity index (χ2v) is 7.86. The number of nitrogens with one attached hydrogen (secondary N) is 1. The summed E-state index contributed by atoms with van der Waals surface area (Å²) in [6.45, 7) is 3.53. The average molecular weight is 434 g/mol. The third-order valence-corrected chi connectivity index (χ3v) is 5.68. The summed E-state index contributed by atoms with van der Waals surface area (Å²) in [4.78, 5) is 33.9. The van der Waals surface area contributed by atoms with E-state index in [9.17, 15) is 14.7 Å². The minimum Gasteiger partial charge on any atom is -0.496 e. The monoisotopic (exact) mass is 434 g/mol. The average Bonchev–Trinajstić information content (AvgIpc) is 3.02. The molecule has 4 rings (SSSR count). The fraction of sp³-hybridized carbons (Fsp3) is 0.292. The van der Waals surface area contributed by atoms with Gasteiger partial charge in [0.15, 0.2) is 0 Å². The first-order valence-electron chi connectivity index (χ1n) is 10.5. The number of carboxylic acids is 1. The lowest BCUT2D eigenvalue weighted by molar-refractivity contribution is 0.0698. The smallest absolute Gasteiger partial charge is 0.336 e. The zero-order valence-electron chi connectivity index (χ0n) is 18.2. The van der Waals surface area contributed by atoms with Gasteiger partial charge in [-0.1, -0.05) is 12.1 Å². The van der Waals surface area contributed by atoms with E-state index in [2.05, 4.69) is 22.2 Å². The summed E-state index contributed by atoms with van der Waals surface area (Å²) in [5.74, 6) is -0.238. The lowest BCUT2D eigenvalue weighted by Gasteiger charge is -2.22. The molecule has 2 N–H and O–H groups in total. The van der Waals surface area contributed by atoms with Gasteiger partial charge in [-0.25, -0.2) is 9.78 Å². The molecule has 1 aliphatic rings. The molecule has 1 aliphatic heterocycles. The first kappa shape index (κ1) is 21.6. The van der Waals surface area contributed by atoms with Crippen LogP contribution in [0.1, 0.15) is 27.1 Å². The van der Waals surface area contributed by atoms with Gasteiger partial charge in [-0.15, -0.1) is 0 Å². The van der Waals surface area contributed by atoms with Gasteiger partial charge < -0.3 is 25.0 Å². The lowest BCUT2D eigenvalue weighted by atomic mass is 10.1. The Morgan fingerprint density at radius 1 is 1.03 bits per heavy atom. The standard InChI is InChI=1S/C24H26N4O4/c1-27-10-5-11-28(13-12-27)22-15-19(24(30)31)18-14-16(8-9-20(18)26-22)25-23(29)17-6-3-4-7-21(17)32-2/h3-4,6-9,14-15H,5,10-13H2,1-2H3,(H,25,29)(H,30,31). The maximum absolute atomic E-state index is 12.7. The molecule has 3 aromatic rings. The Morgan fingerprint density at radius 2 is 1.84 bits per heavy atom. The third-order valence-electron chi connectivity index (χ3n) is 5.68. The van der Waals surface area contributed by atoms with Crippen LogP contribution in [0.15, 0.2) is 48.5 Å². The quantitative estimate of drug-likeness (QED) is 0.636. The van der Waals surface area contributed by atoms with Crippen LogP contribution >= 0.6 is 0 Å². The number of carbonyl (C=O) groups is 2. The zero-order chi connectivity index (χ0) is 22.7. The second-order valence-electron chi connectivity index (χ2n) is 7.86. The van der Waals surface area contributed by atoms with E-state index in [4.69, 9.17) is 9.72 Å². The van der Waals surface area contributed by atoms with Crippen molar-refractivity contribution in [2.75, 3.05) is 50.6 Å². The number of aromatic carboxylic acids is 1. The van der Waals surface area contributed by atoms with Gasteiger partial charge in [0.05, 0.1) is 23.8 Å². The first-order chi connectivity index (χ1) is 15.5. The largest absolute Gasteiger partial charge is 0.496 e. The van der Waals surface area contributed by atoms with Gasteiger partial charge >= 0.3 is 5.97 Å². The van der Waals surface area contributed by atoms with E-state index in [0.29, 0.717) is 33.7 Å². The molecule has 1 amide bonds. The molecule has 8 nitrogen and oxygen atoms in total. The SMILES string of the molecule is COc1ccccc1C(=O)Nc1ccc2nc(N3CCCN(C)CC3)cc(C(=O)O)c2c1. The lowest BCUT2D eigenvalue weighted by Crippen LogP contribution is -2.29. The number of anilines is 2. The number of methoxy groups -OCH3 is 1. The second kappa shape index (κ2) is 9.23. The predicted molar refractivity (Wildman–Crippen MR) is 124 cm³/mol. The molecule has 32 heavy (non-hydrogen) atoms. The molecule has 0 aliphatic carbocycles. The molecule has 2 aromatic carbocycles. The number of hydrogen-bond acceptors (Lipinski definition) is 6. The Bertz CT molecular complexity index is 1160. The number of para-hydroxylation sites is 1. The van der Waals surface area contributed by atoms with E-state index in [1.54, 1.807) is 48.5 Å². The summed E-state index contributed by atoms with van der Waals surface area (Å²) in [5, 5.41) is 13.2. The molecule has 0 atom stereocenters. The topological polar surface area (TPSA) is 95.0 Å². The van der Waals surface area contributed by atoms with Gasteiger partial charge in [0, 0.05) is 30.7 Å². The van der Waals surface area contributed by atoms with Crippen molar-refractivity contribution in [1.82, 2.24) is 9.88 Å². The molecule has 2 heterocycles. The van der Waals surface area contributed by atoms with Crippen LogP contribution in [-0.4, -0.2) is 67.2 Å². The highest BCUT2D eigenvalue weighted by Crippen LogP contribution is 2.27. The number of benzene rings is 2. The summed E-state index contributed by atoms with van der Waals surface area (Å²) < 4.78 is 5.26. The maximum Gasteiger partial charge on any atom is 0.336 e. The van der Waals surface area contributed by atoms with Crippen molar-refractivity contribution in [3.05, 3.63) is 59.7 Å². The number of aromatic nitrogens is 1. The maximum atomic E-state index is 12.7. The van der Waals surface area contributed by atoms with Gasteiger partial charge in [0.25, 0.3) is 5.91 Å². The summed E-state index contributed by atoms with van der Waals surface area (Å²) in [5.41, 5.74) is 1.62. The Labute approximate surface area is 186 Å². The number of pyridine rings is 1. The van der Waals surface area contributed by atoms with Crippen molar-refractivity contribution in [2.24, 2.45) is 0 Å². The number of rotatable bonds is 5. The minimum absolute atomic E-state index is 0.163. The molecular formula is C24H26N4O4. The van der Waals surface area contributed by atoms with E-state index >= 15 is 0 Å². The molecule has 1 fully saturated rings. The number of fused-ring (bicyclic) bond motifs is 1. The van der Waals surface area contributed by atoms with Crippen molar-refractivity contribution in [1.29, 1.82) is 0 Å². The summed E-state index contributed by atoms with van der Waals surface area (Å²) in [7, 11) is 3.59. The van der Waals surface area contributed by atoms with Crippen LogP contribution in [0.2, 0.25) is 0 Å². The van der Waals surface area contributed by atoms with Crippen molar-refractivity contribution < 1.29 is 19.4 Å². The Balaban J connectivity index is 1.67. The van der Waals surface area contributed by atoms with E-state index in [0.717, 1.165) is 32.6 Å². The van der Waals surface area contributed by atoms with Gasteiger partial charge in [0.1, 0.15) is 11.6 Å². The molecule has 0 radical (unpaired) electrons. The zero-order valence-corrected chi connectivity index (χ0v) is 18.2. The van der Waals surface area contributed by atoms with Crippen molar-refractivity contribution in [2.45, 2.75) is 6.42 Å². The van der Waals surface area contributed by atoms with Crippen LogP contribution < -0.4 is 15.0 Å². The van der Waals surface area contributed by atoms with Gasteiger partial charge in [-0.3, -0.25) is 4.79 Å². The van der Waals surface area contributed by atoms with E-state index in [1.165, 1.54) is 7.11 Å². The Morgan fingerprint density at radius 3 is 2.62 bits per heavy atom. The normalized spacial score (nSPS) is 14.8. The number of likely N-dealkylation sites (N-methyl/N-ethyl adjacent to an activating group) is 1. The molecule has 1 aromatic heterocycles. The Kier molecular flexibility index (Phi) is 6.23. The highest BCUT2D eigenvalue weighted by Gasteiger charge is 2.19. The highest BCUT2D eigenvalue weighted by atomic mass is 16.5. The van der Waals surface area contributed by atoms with Crippen LogP contribution in [0.4, 0.5) is 11.5 Å². The first-order valence-corrected chi connectivity index (χ1v) is 10.5. The van der Waals surface area contributed by atoms with Crippen LogP contribution in [0.5, 0.6) is 5.75 Å². The molecular weight excluding hydrogens is 408 g/mol. The molecule has 1 saturated heterocycles. The van der Waals surface area contributed by atoms with Gasteiger partial charge in [-0.05, 0) is 56.4 Å². The van der Waals surface area contributed by atoms with E-state index < -0.39 is 5.97 Å². The molecule has 0 bridgehead atoms. The highest BCUT2D eigenvalue weighted by molar-refractivity contribution is 6.09. The Hall–Kier alpha value is -3.65. The number of carboxylic acid groups (broad SMARTS) is 1. The minimum atomic E-state index is -1.03. The van der Waals surface area contributed by atoms with Crippen molar-refractivity contribution in [3.8, 4) is 5.75 Å². The van der Waals surface area contributed by atoms with Crippen LogP contribution in [0.3, 0.4) is 0 Å². The fourth-order valence-electron chi connectivity index (χ4n) is 3.93. The van der Waals surface area contributed by atoms with Crippen LogP contribution in [-0.2, 0) is 0 Å². The number of carbonyl (C=O) groups excluding carboxylic acids is 1. The third kappa shape index (κ3) is 4.50. The van der Waals surface area contributed by atoms with Crippen molar-refractivity contribution >= 4 is 34.3 Å². The predicted octanol–water partition coefficient (Wildman–Crippen LogP) is 3.34. The molecule has 0 spiro atoms. The number of hydrogen-bond donors (Lipinski definition) is 2. The molecule has 8 heteroatoms. The van der Waals surface area contributed by atoms with Gasteiger partial charge in [-0.2, -0.15) is 0 Å². The van der Waals surface area contributed by atoms with Crippen LogP contribution in [0, 0.1) is 0 Å². The molecule has 0 saturated carbocycles. The van der Waals surface area contributed by atoms with Crippen LogP contribution in [0.25, 0.3) is 10.9 Å². The van der Waals surface area contributed by atoms with E-state index in [1.807, 2.05) is 0 Å². The number of ether oxygens (including phenoxy) is 1. The van der Waals surface area contributed by atoms with E-state index in [-0.39, 0.29) is 11.5 Å². The fourth-order valence-corrected chi connectivity index (χ4v) is 3.93. The molecule has 0 unspecified atom stereocenters. The van der Waals surface area contributed by atoms with Crippen molar-refractivity contribution in [3.63, 3.8) is 0 Å². The van der Waals surface area contributed by atoms with Gasteiger partial charge in [0.2, 0.25) is 0 Å². The summed E-state index contributed by atoms with van der Waals surface area (Å²) >= 11 is 0.